The molecule has 1 fully saturated rings. The third kappa shape index (κ3) is 1.53. The maximum atomic E-state index is 5.34. The molecule has 17 heavy (non-hydrogen) atoms. The van der Waals surface area contributed by atoms with E-state index in [9.17, 15) is 0 Å². The first-order chi connectivity index (χ1) is 8.14. The fourth-order valence-corrected chi connectivity index (χ4v) is 3.25. The number of anilines is 1. The number of nitrogens with zero attached hydrogens (tertiary/aromatic N) is 1. The first-order valence-corrected chi connectivity index (χ1v) is 6.31. The van der Waals surface area contributed by atoms with Gasteiger partial charge in [0.05, 0.1) is 12.8 Å². The van der Waals surface area contributed by atoms with Crippen molar-refractivity contribution in [3.05, 3.63) is 23.8 Å². The maximum Gasteiger partial charge on any atom is 0.119 e. The molecule has 0 amide bonds. The number of rotatable bonds is 1. The van der Waals surface area contributed by atoms with Gasteiger partial charge in [0, 0.05) is 12.7 Å². The number of methoxy groups -OCH3 is 1. The normalized spacial score (nSPS) is 31.0. The van der Waals surface area contributed by atoms with Gasteiger partial charge in [-0.05, 0) is 56.0 Å². The lowest BCUT2D eigenvalue weighted by atomic mass is 9.78. The van der Waals surface area contributed by atoms with Crippen molar-refractivity contribution in [2.75, 3.05) is 25.6 Å². The molecule has 0 saturated carbocycles. The van der Waals surface area contributed by atoms with Crippen molar-refractivity contribution < 1.29 is 4.74 Å². The van der Waals surface area contributed by atoms with Crippen molar-refractivity contribution in [1.29, 1.82) is 0 Å². The Morgan fingerprint density at radius 3 is 3.06 bits per heavy atom. The molecule has 1 N–H and O–H groups in total. The van der Waals surface area contributed by atoms with Crippen LogP contribution in [0.1, 0.15) is 31.2 Å². The van der Waals surface area contributed by atoms with E-state index in [-0.39, 0.29) is 5.66 Å². The summed E-state index contributed by atoms with van der Waals surface area (Å²) < 4.78 is 5.34. The number of piperidine rings is 1. The van der Waals surface area contributed by atoms with E-state index >= 15 is 0 Å². The molecule has 0 aromatic heterocycles. The van der Waals surface area contributed by atoms with Crippen molar-refractivity contribution in [1.82, 2.24) is 5.32 Å². The second kappa shape index (κ2) is 3.64. The van der Waals surface area contributed by atoms with Gasteiger partial charge in [-0.15, -0.1) is 0 Å². The molecular formula is C14H20N2O. The van der Waals surface area contributed by atoms with Crippen LogP contribution in [0.15, 0.2) is 18.2 Å². The summed E-state index contributed by atoms with van der Waals surface area (Å²) in [5.41, 5.74) is 2.91. The Balaban J connectivity index is 2.11. The highest BCUT2D eigenvalue weighted by molar-refractivity contribution is 5.61. The molecule has 2 atom stereocenters. The van der Waals surface area contributed by atoms with Gasteiger partial charge in [0.1, 0.15) is 5.75 Å². The average Bonchev–Trinajstić information content (AvgIpc) is 2.36. The Hall–Kier alpha value is -1.22. The van der Waals surface area contributed by atoms with Crippen LogP contribution in [0.2, 0.25) is 0 Å². The Morgan fingerprint density at radius 2 is 2.29 bits per heavy atom. The Kier molecular flexibility index (Phi) is 2.33. The molecule has 3 rings (SSSR count). The van der Waals surface area contributed by atoms with Crippen LogP contribution < -0.4 is 15.0 Å². The number of hydrogen-bond donors (Lipinski definition) is 1. The number of hydrogen-bond acceptors (Lipinski definition) is 3. The largest absolute Gasteiger partial charge is 0.497 e. The summed E-state index contributed by atoms with van der Waals surface area (Å²) in [6.07, 6.45) is 2.41. The third-order valence-corrected chi connectivity index (χ3v) is 4.42. The molecule has 2 aliphatic heterocycles. The molecular weight excluding hydrogens is 212 g/mol. The minimum Gasteiger partial charge on any atom is -0.497 e. The summed E-state index contributed by atoms with van der Waals surface area (Å²) in [7, 11) is 3.92. The number of ether oxygens (including phenoxy) is 1. The van der Waals surface area contributed by atoms with E-state index in [1.54, 1.807) is 7.11 Å². The summed E-state index contributed by atoms with van der Waals surface area (Å²) in [6.45, 7) is 3.40. The summed E-state index contributed by atoms with van der Waals surface area (Å²) in [5, 5.41) is 3.64. The lowest BCUT2D eigenvalue weighted by Crippen LogP contribution is -2.61. The Bertz CT molecular complexity index is 446. The fourth-order valence-electron chi connectivity index (χ4n) is 3.25. The summed E-state index contributed by atoms with van der Waals surface area (Å²) in [5.74, 6) is 1.64. The lowest BCUT2D eigenvalue weighted by molar-refractivity contribution is 0.235. The van der Waals surface area contributed by atoms with Crippen LogP contribution in [0, 0.1) is 0 Å². The van der Waals surface area contributed by atoms with E-state index in [1.807, 2.05) is 0 Å². The molecule has 0 radical (unpaired) electrons. The first-order valence-electron chi connectivity index (χ1n) is 6.31. The highest BCUT2D eigenvalue weighted by Crippen LogP contribution is 2.46. The van der Waals surface area contributed by atoms with Crippen molar-refractivity contribution in [3.63, 3.8) is 0 Å². The van der Waals surface area contributed by atoms with Crippen LogP contribution >= 0.6 is 0 Å². The van der Waals surface area contributed by atoms with Crippen LogP contribution in [0.5, 0.6) is 5.75 Å². The highest BCUT2D eigenvalue weighted by atomic mass is 16.5. The molecule has 1 aromatic carbocycles. The van der Waals surface area contributed by atoms with Gasteiger partial charge in [-0.25, -0.2) is 0 Å². The van der Waals surface area contributed by atoms with Gasteiger partial charge in [-0.1, -0.05) is 0 Å². The molecule has 1 aromatic rings. The number of fused-ring (bicyclic) bond motifs is 4. The van der Waals surface area contributed by atoms with E-state index < -0.39 is 0 Å². The monoisotopic (exact) mass is 232 g/mol. The fraction of sp³-hybridized carbons (Fsp3) is 0.571. The molecule has 3 nitrogen and oxygen atoms in total. The van der Waals surface area contributed by atoms with E-state index in [1.165, 1.54) is 24.1 Å². The standard InChI is InChI=1S/C14H20N2O/c1-14-9-10(6-7-15-14)12-8-11(17-3)4-5-13(12)16(14)2/h4-5,8,10,15H,6-7,9H2,1-3H3. The number of benzene rings is 1. The topological polar surface area (TPSA) is 24.5 Å². The van der Waals surface area contributed by atoms with Crippen LogP contribution in [0.4, 0.5) is 5.69 Å². The van der Waals surface area contributed by atoms with Gasteiger partial charge in [0.2, 0.25) is 0 Å². The molecule has 2 heterocycles. The highest BCUT2D eigenvalue weighted by Gasteiger charge is 2.41. The zero-order valence-corrected chi connectivity index (χ0v) is 10.8. The van der Waals surface area contributed by atoms with Crippen molar-refractivity contribution in [2.45, 2.75) is 31.3 Å². The van der Waals surface area contributed by atoms with Gasteiger partial charge in [-0.3, -0.25) is 5.32 Å². The molecule has 0 spiro atoms. The predicted octanol–water partition coefficient (Wildman–Crippen LogP) is 2.33. The van der Waals surface area contributed by atoms with Gasteiger partial charge in [0.25, 0.3) is 0 Å². The summed E-state index contributed by atoms with van der Waals surface area (Å²) >= 11 is 0. The lowest BCUT2D eigenvalue weighted by Gasteiger charge is -2.51. The molecule has 0 aliphatic carbocycles. The minimum atomic E-state index is 0.116. The smallest absolute Gasteiger partial charge is 0.119 e. The van der Waals surface area contributed by atoms with Gasteiger partial charge in [-0.2, -0.15) is 0 Å². The van der Waals surface area contributed by atoms with Crippen LogP contribution in [0.25, 0.3) is 0 Å². The van der Waals surface area contributed by atoms with Gasteiger partial charge in [0.15, 0.2) is 0 Å². The Labute approximate surface area is 103 Å². The second-order valence-electron chi connectivity index (χ2n) is 5.37. The molecule has 2 unspecified atom stereocenters. The maximum absolute atomic E-state index is 5.34. The quantitative estimate of drug-likeness (QED) is 0.804. The average molecular weight is 232 g/mol. The van der Waals surface area contributed by atoms with Crippen LogP contribution in [0.3, 0.4) is 0 Å². The van der Waals surface area contributed by atoms with Crippen LogP contribution in [-0.4, -0.2) is 26.4 Å². The van der Waals surface area contributed by atoms with Crippen molar-refractivity contribution in [2.24, 2.45) is 0 Å². The SMILES string of the molecule is COc1ccc2c(c1)C1CCNC(C)(C1)N2C. The predicted molar refractivity (Wildman–Crippen MR) is 69.8 cm³/mol. The van der Waals surface area contributed by atoms with E-state index in [0.717, 1.165) is 12.3 Å². The zero-order valence-electron chi connectivity index (χ0n) is 10.8. The molecule has 3 heteroatoms. The molecule has 2 aliphatic rings. The van der Waals surface area contributed by atoms with Crippen molar-refractivity contribution in [3.8, 4) is 5.75 Å². The summed E-state index contributed by atoms with van der Waals surface area (Å²) in [6, 6.07) is 6.45. The Morgan fingerprint density at radius 1 is 1.47 bits per heavy atom. The summed E-state index contributed by atoms with van der Waals surface area (Å²) in [4.78, 5) is 2.37. The van der Waals surface area contributed by atoms with E-state index in [4.69, 9.17) is 4.74 Å². The number of nitrogens with one attached hydrogen (secondary N) is 1. The van der Waals surface area contributed by atoms with Crippen molar-refractivity contribution >= 4 is 5.69 Å². The van der Waals surface area contributed by atoms with Gasteiger partial charge >= 0.3 is 0 Å². The van der Waals surface area contributed by atoms with E-state index in [2.05, 4.69) is 42.4 Å². The minimum absolute atomic E-state index is 0.116. The zero-order chi connectivity index (χ0) is 12.0. The second-order valence-corrected chi connectivity index (χ2v) is 5.37. The van der Waals surface area contributed by atoms with Crippen LogP contribution in [-0.2, 0) is 0 Å². The van der Waals surface area contributed by atoms with E-state index in [0.29, 0.717) is 5.92 Å². The first kappa shape index (κ1) is 10.9. The molecule has 1 saturated heterocycles. The molecule has 2 bridgehead atoms. The molecule has 92 valence electrons. The van der Waals surface area contributed by atoms with Gasteiger partial charge < -0.3 is 9.64 Å². The third-order valence-electron chi connectivity index (χ3n) is 4.42.